The molecule has 1 N–H and O–H groups in total. The topological polar surface area (TPSA) is 15.8 Å². The van der Waals surface area contributed by atoms with Crippen molar-refractivity contribution in [2.75, 3.05) is 0 Å². The minimum Gasteiger partial charge on any atom is -0.361 e. The third-order valence-electron chi connectivity index (χ3n) is 1.86. The largest absolute Gasteiger partial charge is 0.361 e. The summed E-state index contributed by atoms with van der Waals surface area (Å²) >= 11 is 3.54. The third-order valence-corrected chi connectivity index (χ3v) is 2.91. The van der Waals surface area contributed by atoms with Crippen LogP contribution in [0.2, 0.25) is 0 Å². The van der Waals surface area contributed by atoms with Gasteiger partial charge in [-0.3, -0.25) is 0 Å². The van der Waals surface area contributed by atoms with Crippen LogP contribution in [0.1, 0.15) is 19.4 Å². The number of nitrogens with one attached hydrogen (secondary N) is 1. The number of halogens is 1. The van der Waals surface area contributed by atoms with E-state index in [0.717, 1.165) is 0 Å². The predicted octanol–water partition coefficient (Wildman–Crippen LogP) is 4.27. The average Bonchev–Trinajstić information content (AvgIpc) is 2.63. The molecule has 1 aromatic carbocycles. The van der Waals surface area contributed by atoms with Gasteiger partial charge in [0.1, 0.15) is 0 Å². The molecule has 13 heavy (non-hydrogen) atoms. The zero-order chi connectivity index (χ0) is 9.84. The SMILES string of the molecule is CC.Cc1ccc2[nH]ccc2c1Br. The Morgan fingerprint density at radius 2 is 1.85 bits per heavy atom. The van der Waals surface area contributed by atoms with Crippen LogP contribution in [0, 0.1) is 6.92 Å². The molecule has 2 aromatic rings. The highest BCUT2D eigenvalue weighted by atomic mass is 79.9. The van der Waals surface area contributed by atoms with Crippen molar-refractivity contribution in [1.82, 2.24) is 4.98 Å². The van der Waals surface area contributed by atoms with Crippen LogP contribution in [0.4, 0.5) is 0 Å². The summed E-state index contributed by atoms with van der Waals surface area (Å²) in [6.07, 6.45) is 1.95. The number of hydrogen-bond acceptors (Lipinski definition) is 0. The normalized spacial score (nSPS) is 9.54. The quantitative estimate of drug-likeness (QED) is 0.707. The molecule has 0 aliphatic rings. The van der Waals surface area contributed by atoms with E-state index in [9.17, 15) is 0 Å². The first kappa shape index (κ1) is 10.3. The van der Waals surface area contributed by atoms with Gasteiger partial charge in [-0.2, -0.15) is 0 Å². The Morgan fingerprint density at radius 3 is 2.54 bits per heavy atom. The van der Waals surface area contributed by atoms with Crippen LogP contribution in [0.3, 0.4) is 0 Å². The number of hydrogen-bond donors (Lipinski definition) is 1. The van der Waals surface area contributed by atoms with Crippen molar-refractivity contribution in [3.8, 4) is 0 Å². The molecule has 70 valence electrons. The van der Waals surface area contributed by atoms with Crippen molar-refractivity contribution in [2.24, 2.45) is 0 Å². The van der Waals surface area contributed by atoms with Crippen LogP contribution in [0.15, 0.2) is 28.9 Å². The highest BCUT2D eigenvalue weighted by Crippen LogP contribution is 2.25. The van der Waals surface area contributed by atoms with Crippen LogP contribution in [-0.2, 0) is 0 Å². The summed E-state index contributed by atoms with van der Waals surface area (Å²) in [5.41, 5.74) is 2.46. The fourth-order valence-corrected chi connectivity index (χ4v) is 1.68. The zero-order valence-electron chi connectivity index (χ0n) is 8.19. The standard InChI is InChI=1S/C9H8BrN.C2H6/c1-6-2-3-8-7(9(6)10)4-5-11-8;1-2/h2-5,11H,1H3;1-2H3. The monoisotopic (exact) mass is 239 g/mol. The van der Waals surface area contributed by atoms with E-state index in [4.69, 9.17) is 0 Å². The molecule has 0 fully saturated rings. The lowest BCUT2D eigenvalue weighted by Crippen LogP contribution is -1.75. The number of aryl methyl sites for hydroxylation is 1. The highest BCUT2D eigenvalue weighted by Gasteiger charge is 2.00. The van der Waals surface area contributed by atoms with E-state index in [1.165, 1.54) is 20.9 Å². The molecule has 0 aliphatic heterocycles. The maximum atomic E-state index is 3.54. The molecule has 1 nitrogen and oxygen atoms in total. The van der Waals surface area contributed by atoms with Crippen LogP contribution in [-0.4, -0.2) is 4.98 Å². The van der Waals surface area contributed by atoms with Crippen molar-refractivity contribution in [1.29, 1.82) is 0 Å². The van der Waals surface area contributed by atoms with Crippen LogP contribution in [0.5, 0.6) is 0 Å². The molecule has 0 unspecified atom stereocenters. The molecule has 0 aliphatic carbocycles. The number of aromatic amines is 1. The highest BCUT2D eigenvalue weighted by molar-refractivity contribution is 9.10. The summed E-state index contributed by atoms with van der Waals surface area (Å²) in [6.45, 7) is 6.09. The molecule has 0 saturated heterocycles. The van der Waals surface area contributed by atoms with E-state index in [2.05, 4.69) is 46.0 Å². The minimum atomic E-state index is 1.18. The zero-order valence-corrected chi connectivity index (χ0v) is 9.77. The summed E-state index contributed by atoms with van der Waals surface area (Å²) in [4.78, 5) is 3.16. The van der Waals surface area contributed by atoms with E-state index in [-0.39, 0.29) is 0 Å². The first-order chi connectivity index (χ1) is 6.29. The Balaban J connectivity index is 0.000000396. The lowest BCUT2D eigenvalue weighted by Gasteiger charge is -1.97. The molecule has 0 bridgehead atoms. The Labute approximate surface area is 87.3 Å². The fraction of sp³-hybridized carbons (Fsp3) is 0.273. The van der Waals surface area contributed by atoms with Crippen molar-refractivity contribution in [3.63, 3.8) is 0 Å². The smallest absolute Gasteiger partial charge is 0.0465 e. The lowest BCUT2D eigenvalue weighted by atomic mass is 10.2. The second-order valence-corrected chi connectivity index (χ2v) is 3.43. The van der Waals surface area contributed by atoms with E-state index in [1.807, 2.05) is 20.0 Å². The molecule has 0 saturated carbocycles. The number of benzene rings is 1. The molecule has 0 radical (unpaired) electrons. The van der Waals surface area contributed by atoms with E-state index in [1.54, 1.807) is 0 Å². The molecule has 2 rings (SSSR count). The maximum Gasteiger partial charge on any atom is 0.0465 e. The Bertz CT molecular complexity index is 390. The summed E-state index contributed by atoms with van der Waals surface area (Å²) in [5, 5.41) is 1.25. The maximum absolute atomic E-state index is 3.54. The van der Waals surface area contributed by atoms with E-state index in [0.29, 0.717) is 0 Å². The molecule has 1 aromatic heterocycles. The Hall–Kier alpha value is -0.760. The third kappa shape index (κ3) is 1.94. The second-order valence-electron chi connectivity index (χ2n) is 2.64. The minimum absolute atomic E-state index is 1.18. The van der Waals surface area contributed by atoms with Gasteiger partial charge in [0.2, 0.25) is 0 Å². The van der Waals surface area contributed by atoms with E-state index >= 15 is 0 Å². The Morgan fingerprint density at radius 1 is 1.15 bits per heavy atom. The van der Waals surface area contributed by atoms with Gasteiger partial charge >= 0.3 is 0 Å². The van der Waals surface area contributed by atoms with Crippen molar-refractivity contribution < 1.29 is 0 Å². The second kappa shape index (κ2) is 4.47. The molecule has 2 heteroatoms. The van der Waals surface area contributed by atoms with Crippen molar-refractivity contribution >= 4 is 26.8 Å². The van der Waals surface area contributed by atoms with Gasteiger partial charge in [-0.15, -0.1) is 0 Å². The number of fused-ring (bicyclic) bond motifs is 1. The fourth-order valence-electron chi connectivity index (χ4n) is 1.21. The molecular weight excluding hydrogens is 226 g/mol. The summed E-state index contributed by atoms with van der Waals surface area (Å²) in [5.74, 6) is 0. The number of aromatic nitrogens is 1. The van der Waals surface area contributed by atoms with Gasteiger partial charge < -0.3 is 4.98 Å². The summed E-state index contributed by atoms with van der Waals surface area (Å²) in [6, 6.07) is 6.27. The molecule has 0 spiro atoms. The van der Waals surface area contributed by atoms with Crippen molar-refractivity contribution in [2.45, 2.75) is 20.8 Å². The van der Waals surface area contributed by atoms with Gasteiger partial charge in [0.05, 0.1) is 0 Å². The van der Waals surface area contributed by atoms with Crippen molar-refractivity contribution in [3.05, 3.63) is 34.4 Å². The van der Waals surface area contributed by atoms with Gasteiger partial charge in [0, 0.05) is 21.6 Å². The van der Waals surface area contributed by atoms with Gasteiger partial charge in [0.15, 0.2) is 0 Å². The summed E-state index contributed by atoms with van der Waals surface area (Å²) < 4.78 is 1.19. The Kier molecular flexibility index (Phi) is 3.55. The van der Waals surface area contributed by atoms with Crippen LogP contribution < -0.4 is 0 Å². The number of rotatable bonds is 0. The molecule has 0 amide bonds. The molecule has 1 heterocycles. The lowest BCUT2D eigenvalue weighted by molar-refractivity contribution is 1.44. The van der Waals surface area contributed by atoms with Gasteiger partial charge in [-0.1, -0.05) is 19.9 Å². The predicted molar refractivity (Wildman–Crippen MR) is 62.1 cm³/mol. The molecular formula is C11H14BrN. The first-order valence-corrected chi connectivity index (χ1v) is 5.30. The molecule has 0 atom stereocenters. The van der Waals surface area contributed by atoms with Gasteiger partial charge in [0.25, 0.3) is 0 Å². The van der Waals surface area contributed by atoms with E-state index < -0.39 is 0 Å². The van der Waals surface area contributed by atoms with Crippen LogP contribution in [0.25, 0.3) is 10.9 Å². The van der Waals surface area contributed by atoms with Gasteiger partial charge in [-0.05, 0) is 40.5 Å². The van der Waals surface area contributed by atoms with Gasteiger partial charge in [-0.25, -0.2) is 0 Å². The summed E-state index contributed by atoms with van der Waals surface area (Å²) in [7, 11) is 0. The average molecular weight is 240 g/mol. The number of H-pyrrole nitrogens is 1. The van der Waals surface area contributed by atoms with Crippen LogP contribution >= 0.6 is 15.9 Å². The first-order valence-electron chi connectivity index (χ1n) is 4.51.